The largest absolute Gasteiger partial charge is 0.487 e. The second-order valence-electron chi connectivity index (χ2n) is 7.27. The third kappa shape index (κ3) is 5.31. The fourth-order valence-corrected chi connectivity index (χ4v) is 2.93. The van der Waals surface area contributed by atoms with Crippen LogP contribution in [0.5, 0.6) is 5.75 Å². The third-order valence-corrected chi connectivity index (χ3v) is 4.48. The number of carbonyl (C=O) groups excluding carboxylic acids is 2. The van der Waals surface area contributed by atoms with E-state index in [1.165, 1.54) is 7.11 Å². The van der Waals surface area contributed by atoms with Crippen molar-refractivity contribution >= 4 is 22.8 Å². The molecule has 0 fully saturated rings. The van der Waals surface area contributed by atoms with E-state index in [1.54, 1.807) is 13.8 Å². The lowest BCUT2D eigenvalue weighted by Crippen LogP contribution is -2.50. The molecule has 0 atom stereocenters. The highest BCUT2D eigenvalue weighted by Crippen LogP contribution is 2.16. The molecule has 1 N–H and O–H groups in total. The van der Waals surface area contributed by atoms with Gasteiger partial charge in [0.2, 0.25) is 5.91 Å². The van der Waals surface area contributed by atoms with Gasteiger partial charge in [0.1, 0.15) is 17.9 Å². The molecular weight excluding hydrogens is 368 g/mol. The number of esters is 1. The summed E-state index contributed by atoms with van der Waals surface area (Å²) in [5.41, 5.74) is 1.53. The van der Waals surface area contributed by atoms with Crippen LogP contribution in [0.3, 0.4) is 0 Å². The number of rotatable bonds is 7. The summed E-state index contributed by atoms with van der Waals surface area (Å²) in [7, 11) is 1.29. The Hall–Kier alpha value is -3.41. The molecule has 3 aromatic rings. The van der Waals surface area contributed by atoms with Crippen LogP contribution < -0.4 is 10.1 Å². The Labute approximate surface area is 169 Å². The minimum Gasteiger partial charge on any atom is -0.487 e. The Morgan fingerprint density at radius 3 is 2.45 bits per heavy atom. The predicted molar refractivity (Wildman–Crippen MR) is 110 cm³/mol. The molecule has 29 heavy (non-hydrogen) atoms. The van der Waals surface area contributed by atoms with Crippen LogP contribution in [-0.4, -0.2) is 29.5 Å². The quantitative estimate of drug-likeness (QED) is 0.624. The zero-order chi connectivity index (χ0) is 20.9. The van der Waals surface area contributed by atoms with Crippen molar-refractivity contribution in [1.82, 2.24) is 10.3 Å². The highest BCUT2D eigenvalue weighted by Gasteiger charge is 2.30. The molecule has 0 radical (unpaired) electrons. The van der Waals surface area contributed by atoms with Gasteiger partial charge in [0.15, 0.2) is 0 Å². The molecule has 0 unspecified atom stereocenters. The van der Waals surface area contributed by atoms with Crippen LogP contribution in [0.4, 0.5) is 0 Å². The molecule has 1 heterocycles. The van der Waals surface area contributed by atoms with Crippen molar-refractivity contribution in [1.29, 1.82) is 0 Å². The number of amides is 1. The lowest BCUT2D eigenvalue weighted by molar-refractivity contribution is -0.149. The van der Waals surface area contributed by atoms with Gasteiger partial charge in [0.05, 0.1) is 24.7 Å². The molecule has 1 amide bonds. The van der Waals surface area contributed by atoms with E-state index >= 15 is 0 Å². The maximum Gasteiger partial charge on any atom is 0.330 e. The van der Waals surface area contributed by atoms with Gasteiger partial charge < -0.3 is 14.8 Å². The number of pyridine rings is 1. The molecule has 3 rings (SSSR count). The number of aromatic nitrogens is 1. The third-order valence-electron chi connectivity index (χ3n) is 4.48. The minimum atomic E-state index is -1.07. The van der Waals surface area contributed by atoms with Crippen molar-refractivity contribution in [3.05, 3.63) is 71.9 Å². The van der Waals surface area contributed by atoms with Crippen molar-refractivity contribution < 1.29 is 19.1 Å². The SMILES string of the molecule is COC(=O)C(C)(C)NC(=O)Cc1ccc(OCc2ccc3ccccc3n2)cc1. The molecule has 150 valence electrons. The zero-order valence-electron chi connectivity index (χ0n) is 16.8. The lowest BCUT2D eigenvalue weighted by atomic mass is 10.0. The van der Waals surface area contributed by atoms with Gasteiger partial charge in [-0.25, -0.2) is 9.78 Å². The standard InChI is InChI=1S/C23H24N2O4/c1-23(2,22(27)28-3)25-21(26)14-16-8-12-19(13-9-16)29-15-18-11-10-17-6-4-5-7-20(17)24-18/h4-13H,14-15H2,1-3H3,(H,25,26). The Morgan fingerprint density at radius 2 is 1.72 bits per heavy atom. The van der Waals surface area contributed by atoms with Crippen molar-refractivity contribution in [2.75, 3.05) is 7.11 Å². The van der Waals surface area contributed by atoms with Gasteiger partial charge in [0.25, 0.3) is 0 Å². The molecule has 0 spiro atoms. The first kappa shape index (κ1) is 20.3. The number of benzene rings is 2. The fourth-order valence-electron chi connectivity index (χ4n) is 2.93. The van der Waals surface area contributed by atoms with Crippen molar-refractivity contribution in [3.8, 4) is 5.75 Å². The van der Waals surface area contributed by atoms with Crippen LogP contribution in [0.25, 0.3) is 10.9 Å². The van der Waals surface area contributed by atoms with Crippen LogP contribution in [0.15, 0.2) is 60.7 Å². The van der Waals surface area contributed by atoms with Crippen LogP contribution in [0, 0.1) is 0 Å². The Balaban J connectivity index is 1.55. The molecule has 0 aliphatic rings. The summed E-state index contributed by atoms with van der Waals surface area (Å²) in [5.74, 6) is -0.0506. The second-order valence-corrected chi connectivity index (χ2v) is 7.27. The number of methoxy groups -OCH3 is 1. The monoisotopic (exact) mass is 392 g/mol. The molecule has 1 aromatic heterocycles. The normalized spacial score (nSPS) is 11.1. The molecule has 2 aromatic carbocycles. The van der Waals surface area contributed by atoms with Gasteiger partial charge in [-0.1, -0.05) is 36.4 Å². The van der Waals surface area contributed by atoms with Gasteiger partial charge in [-0.3, -0.25) is 4.79 Å². The smallest absolute Gasteiger partial charge is 0.330 e. The fraction of sp³-hybridized carbons (Fsp3) is 0.261. The predicted octanol–water partition coefficient (Wildman–Crippen LogP) is 3.42. The average Bonchev–Trinajstić information content (AvgIpc) is 2.72. The summed E-state index contributed by atoms with van der Waals surface area (Å²) in [6, 6.07) is 19.2. The topological polar surface area (TPSA) is 77.5 Å². The molecular formula is C23H24N2O4. The number of nitrogens with zero attached hydrogens (tertiary/aromatic N) is 1. The molecule has 0 aliphatic heterocycles. The summed E-state index contributed by atoms with van der Waals surface area (Å²) in [6.07, 6.45) is 0.160. The van der Waals surface area contributed by atoms with E-state index in [-0.39, 0.29) is 12.3 Å². The molecule has 0 saturated carbocycles. The van der Waals surface area contributed by atoms with E-state index in [1.807, 2.05) is 60.7 Å². The Bertz CT molecular complexity index is 1010. The van der Waals surface area contributed by atoms with E-state index in [0.29, 0.717) is 12.4 Å². The van der Waals surface area contributed by atoms with Crippen LogP contribution in [0.1, 0.15) is 25.1 Å². The van der Waals surface area contributed by atoms with E-state index in [2.05, 4.69) is 10.3 Å². The minimum absolute atomic E-state index is 0.160. The highest BCUT2D eigenvalue weighted by molar-refractivity contribution is 5.88. The molecule has 0 bridgehead atoms. The first-order valence-corrected chi connectivity index (χ1v) is 9.33. The Kier molecular flexibility index (Phi) is 6.12. The van der Waals surface area contributed by atoms with Gasteiger partial charge in [-0.05, 0) is 43.7 Å². The number of fused-ring (bicyclic) bond motifs is 1. The zero-order valence-corrected chi connectivity index (χ0v) is 16.8. The number of para-hydroxylation sites is 1. The maximum absolute atomic E-state index is 12.2. The second kappa shape index (κ2) is 8.73. The molecule has 0 saturated heterocycles. The van der Waals surface area contributed by atoms with E-state index in [0.717, 1.165) is 22.2 Å². The van der Waals surface area contributed by atoms with E-state index in [4.69, 9.17) is 9.47 Å². The van der Waals surface area contributed by atoms with Gasteiger partial charge in [-0.15, -0.1) is 0 Å². The Morgan fingerprint density at radius 1 is 1.00 bits per heavy atom. The highest BCUT2D eigenvalue weighted by atomic mass is 16.5. The molecule has 6 heteroatoms. The number of hydrogen-bond acceptors (Lipinski definition) is 5. The first-order valence-electron chi connectivity index (χ1n) is 9.33. The summed E-state index contributed by atoms with van der Waals surface area (Å²) in [4.78, 5) is 28.4. The molecule has 0 aliphatic carbocycles. The number of carbonyl (C=O) groups is 2. The number of hydrogen-bond donors (Lipinski definition) is 1. The van der Waals surface area contributed by atoms with E-state index in [9.17, 15) is 9.59 Å². The number of ether oxygens (including phenoxy) is 2. The molecule has 6 nitrogen and oxygen atoms in total. The van der Waals surface area contributed by atoms with Crippen molar-refractivity contribution in [2.24, 2.45) is 0 Å². The summed E-state index contributed by atoms with van der Waals surface area (Å²) in [6.45, 7) is 3.57. The summed E-state index contributed by atoms with van der Waals surface area (Å²) in [5, 5.41) is 3.77. The van der Waals surface area contributed by atoms with Gasteiger partial charge >= 0.3 is 5.97 Å². The number of nitrogens with one attached hydrogen (secondary N) is 1. The van der Waals surface area contributed by atoms with E-state index < -0.39 is 11.5 Å². The van der Waals surface area contributed by atoms with Crippen LogP contribution in [-0.2, 0) is 27.4 Å². The van der Waals surface area contributed by atoms with Gasteiger partial charge in [-0.2, -0.15) is 0 Å². The summed E-state index contributed by atoms with van der Waals surface area (Å²) >= 11 is 0. The van der Waals surface area contributed by atoms with Crippen molar-refractivity contribution in [3.63, 3.8) is 0 Å². The van der Waals surface area contributed by atoms with Crippen molar-refractivity contribution in [2.45, 2.75) is 32.4 Å². The maximum atomic E-state index is 12.2. The summed E-state index contributed by atoms with van der Waals surface area (Å²) < 4.78 is 10.5. The van der Waals surface area contributed by atoms with Crippen LogP contribution in [0.2, 0.25) is 0 Å². The lowest BCUT2D eigenvalue weighted by Gasteiger charge is -2.23. The van der Waals surface area contributed by atoms with Gasteiger partial charge in [0, 0.05) is 5.39 Å². The van der Waals surface area contributed by atoms with Crippen LogP contribution >= 0.6 is 0 Å². The average molecular weight is 392 g/mol. The first-order chi connectivity index (χ1) is 13.9.